The highest BCUT2D eigenvalue weighted by atomic mass is 19.1. The zero-order valence-electron chi connectivity index (χ0n) is 11.5. The lowest BCUT2D eigenvalue weighted by Crippen LogP contribution is -2.07. The summed E-state index contributed by atoms with van der Waals surface area (Å²) in [6.07, 6.45) is 0. The Morgan fingerprint density at radius 3 is 2.65 bits per heavy atom. The Kier molecular flexibility index (Phi) is 4.31. The van der Waals surface area contributed by atoms with E-state index in [1.807, 2.05) is 19.9 Å². The summed E-state index contributed by atoms with van der Waals surface area (Å²) < 4.78 is 13.6. The van der Waals surface area contributed by atoms with Crippen LogP contribution >= 0.6 is 0 Å². The van der Waals surface area contributed by atoms with Crippen LogP contribution < -0.4 is 5.32 Å². The van der Waals surface area contributed by atoms with Crippen LogP contribution in [0.2, 0.25) is 0 Å². The average molecular weight is 269 g/mol. The second kappa shape index (κ2) is 6.16. The maximum Gasteiger partial charge on any atom is 0.144 e. The number of nitrogens with one attached hydrogen (secondary N) is 1. The molecule has 0 aliphatic carbocycles. The molecule has 1 heterocycles. The summed E-state index contributed by atoms with van der Waals surface area (Å²) in [6, 6.07) is 12.2. The van der Waals surface area contributed by atoms with Crippen molar-refractivity contribution in [1.82, 2.24) is 4.98 Å². The Hall–Kier alpha value is -2.41. The molecule has 0 atom stereocenters. The number of benzene rings is 1. The molecule has 20 heavy (non-hydrogen) atoms. The van der Waals surface area contributed by atoms with Gasteiger partial charge in [0, 0.05) is 17.8 Å². The van der Waals surface area contributed by atoms with Crippen molar-refractivity contribution in [1.29, 1.82) is 5.26 Å². The highest BCUT2D eigenvalue weighted by Gasteiger charge is 2.08. The molecule has 1 N–H and O–H groups in total. The fraction of sp³-hybridized carbons (Fsp3) is 0.250. The van der Waals surface area contributed by atoms with E-state index in [2.05, 4.69) is 16.4 Å². The quantitative estimate of drug-likeness (QED) is 0.917. The van der Waals surface area contributed by atoms with E-state index in [1.54, 1.807) is 24.3 Å². The van der Waals surface area contributed by atoms with Crippen molar-refractivity contribution < 1.29 is 4.39 Å². The minimum atomic E-state index is -0.265. The van der Waals surface area contributed by atoms with Gasteiger partial charge >= 0.3 is 0 Å². The molecule has 3 nitrogen and oxygen atoms in total. The van der Waals surface area contributed by atoms with Crippen molar-refractivity contribution in [2.75, 3.05) is 5.32 Å². The smallest absolute Gasteiger partial charge is 0.144 e. The number of aromatic nitrogens is 1. The maximum absolute atomic E-state index is 13.6. The Labute approximate surface area is 118 Å². The molecule has 4 heteroatoms. The predicted molar refractivity (Wildman–Crippen MR) is 76.8 cm³/mol. The molecule has 2 aromatic rings. The minimum Gasteiger partial charge on any atom is -0.365 e. The van der Waals surface area contributed by atoms with Crippen LogP contribution in [0.4, 0.5) is 10.2 Å². The van der Waals surface area contributed by atoms with E-state index < -0.39 is 0 Å². The minimum absolute atomic E-state index is 0.265. The van der Waals surface area contributed by atoms with E-state index in [1.165, 1.54) is 6.07 Å². The third-order valence-corrected chi connectivity index (χ3v) is 3.03. The van der Waals surface area contributed by atoms with Crippen molar-refractivity contribution in [3.63, 3.8) is 0 Å². The summed E-state index contributed by atoms with van der Waals surface area (Å²) in [4.78, 5) is 4.43. The van der Waals surface area contributed by atoms with E-state index in [-0.39, 0.29) is 11.7 Å². The molecule has 0 fully saturated rings. The van der Waals surface area contributed by atoms with Gasteiger partial charge in [-0.15, -0.1) is 0 Å². The second-order valence-corrected chi connectivity index (χ2v) is 4.84. The first-order valence-electron chi connectivity index (χ1n) is 6.50. The van der Waals surface area contributed by atoms with Gasteiger partial charge in [-0.25, -0.2) is 9.37 Å². The molecule has 102 valence electrons. The zero-order chi connectivity index (χ0) is 14.5. The topological polar surface area (TPSA) is 48.7 Å². The molecule has 1 aromatic heterocycles. The number of rotatable bonds is 4. The lowest BCUT2D eigenvalue weighted by atomic mass is 10.1. The maximum atomic E-state index is 13.6. The summed E-state index contributed by atoms with van der Waals surface area (Å²) in [5.41, 5.74) is 1.92. The molecule has 0 saturated carbocycles. The molecular formula is C16H16FN3. The van der Waals surface area contributed by atoms with E-state index >= 15 is 0 Å². The third kappa shape index (κ3) is 3.12. The van der Waals surface area contributed by atoms with Crippen molar-refractivity contribution in [2.24, 2.45) is 0 Å². The van der Waals surface area contributed by atoms with E-state index in [4.69, 9.17) is 5.26 Å². The van der Waals surface area contributed by atoms with Gasteiger partial charge in [-0.1, -0.05) is 32.0 Å². The summed E-state index contributed by atoms with van der Waals surface area (Å²) in [7, 11) is 0. The lowest BCUT2D eigenvalue weighted by Gasteiger charge is -2.11. The first kappa shape index (κ1) is 14.0. The van der Waals surface area contributed by atoms with Crippen molar-refractivity contribution in [2.45, 2.75) is 26.3 Å². The van der Waals surface area contributed by atoms with Gasteiger partial charge in [0.15, 0.2) is 0 Å². The van der Waals surface area contributed by atoms with Crippen LogP contribution in [-0.2, 0) is 6.54 Å². The molecule has 0 saturated heterocycles. The van der Waals surface area contributed by atoms with Crippen LogP contribution in [0.15, 0.2) is 36.4 Å². The van der Waals surface area contributed by atoms with E-state index in [0.717, 1.165) is 5.69 Å². The van der Waals surface area contributed by atoms with Crippen molar-refractivity contribution in [3.8, 4) is 6.07 Å². The van der Waals surface area contributed by atoms with Crippen LogP contribution in [-0.4, -0.2) is 4.98 Å². The number of pyridine rings is 1. The second-order valence-electron chi connectivity index (χ2n) is 4.84. The van der Waals surface area contributed by atoms with Crippen molar-refractivity contribution >= 4 is 5.82 Å². The third-order valence-electron chi connectivity index (χ3n) is 3.03. The number of nitriles is 1. The first-order valence-corrected chi connectivity index (χ1v) is 6.50. The Morgan fingerprint density at radius 1 is 1.25 bits per heavy atom. The fourth-order valence-corrected chi connectivity index (χ4v) is 1.84. The SMILES string of the molecule is CC(C)c1ccc(C#N)c(NCc2ccccc2F)n1. The zero-order valence-corrected chi connectivity index (χ0v) is 11.5. The van der Waals surface area contributed by atoms with Crippen LogP contribution in [0.25, 0.3) is 0 Å². The molecule has 0 unspecified atom stereocenters. The standard InChI is InChI=1S/C16H16FN3/c1-11(2)15-8-7-12(9-18)16(20-15)19-10-13-5-3-4-6-14(13)17/h3-8,11H,10H2,1-2H3,(H,19,20). The van der Waals surface area contributed by atoms with Gasteiger partial charge in [-0.3, -0.25) is 0 Å². The number of halogens is 1. The van der Waals surface area contributed by atoms with Gasteiger partial charge in [-0.05, 0) is 24.1 Å². The summed E-state index contributed by atoms with van der Waals surface area (Å²) >= 11 is 0. The van der Waals surface area contributed by atoms with Gasteiger partial charge < -0.3 is 5.32 Å². The van der Waals surface area contributed by atoms with Crippen LogP contribution in [0, 0.1) is 17.1 Å². The molecule has 1 aromatic carbocycles. The Balaban J connectivity index is 2.22. The highest BCUT2D eigenvalue weighted by molar-refractivity contribution is 5.52. The largest absolute Gasteiger partial charge is 0.365 e. The van der Waals surface area contributed by atoms with E-state index in [9.17, 15) is 4.39 Å². The highest BCUT2D eigenvalue weighted by Crippen LogP contribution is 2.19. The average Bonchev–Trinajstić information content (AvgIpc) is 2.46. The number of hydrogen-bond donors (Lipinski definition) is 1. The molecule has 0 bridgehead atoms. The Bertz CT molecular complexity index is 644. The molecule has 0 aliphatic rings. The van der Waals surface area contributed by atoms with Gasteiger partial charge in [0.05, 0.1) is 5.56 Å². The molecule has 0 amide bonds. The van der Waals surface area contributed by atoms with Gasteiger partial charge in [0.25, 0.3) is 0 Å². The van der Waals surface area contributed by atoms with Gasteiger partial charge in [0.1, 0.15) is 17.7 Å². The number of anilines is 1. The van der Waals surface area contributed by atoms with E-state index in [0.29, 0.717) is 23.5 Å². The number of hydrogen-bond acceptors (Lipinski definition) is 3. The summed E-state index contributed by atoms with van der Waals surface area (Å²) in [6.45, 7) is 4.37. The number of nitrogens with zero attached hydrogens (tertiary/aromatic N) is 2. The predicted octanol–water partition coefficient (Wildman–Crippen LogP) is 3.83. The van der Waals surface area contributed by atoms with Crippen LogP contribution in [0.1, 0.15) is 36.6 Å². The Morgan fingerprint density at radius 2 is 2.00 bits per heavy atom. The molecule has 0 aliphatic heterocycles. The molecular weight excluding hydrogens is 253 g/mol. The first-order chi connectivity index (χ1) is 9.61. The van der Waals surface area contributed by atoms with Crippen LogP contribution in [0.5, 0.6) is 0 Å². The monoisotopic (exact) mass is 269 g/mol. The van der Waals surface area contributed by atoms with Crippen LogP contribution in [0.3, 0.4) is 0 Å². The molecule has 0 spiro atoms. The summed E-state index contributed by atoms with van der Waals surface area (Å²) in [5.74, 6) is 0.511. The lowest BCUT2D eigenvalue weighted by molar-refractivity contribution is 0.613. The van der Waals surface area contributed by atoms with Gasteiger partial charge in [0.2, 0.25) is 0 Å². The molecule has 2 rings (SSSR count). The molecule has 0 radical (unpaired) electrons. The fourth-order valence-electron chi connectivity index (χ4n) is 1.84. The summed E-state index contributed by atoms with van der Waals surface area (Å²) in [5, 5.41) is 12.1. The van der Waals surface area contributed by atoms with Gasteiger partial charge in [-0.2, -0.15) is 5.26 Å². The normalized spacial score (nSPS) is 10.3. The van der Waals surface area contributed by atoms with Crippen molar-refractivity contribution in [3.05, 3.63) is 59.0 Å².